The van der Waals surface area contributed by atoms with Crippen LogP contribution in [0, 0.1) is 5.92 Å². The largest absolute Gasteiger partial charge is 0.341 e. The Morgan fingerprint density at radius 2 is 2.00 bits per heavy atom. The number of rotatable bonds is 6. The molecule has 2 atom stereocenters. The van der Waals surface area contributed by atoms with E-state index in [-0.39, 0.29) is 0 Å². The number of fused-ring (bicyclic) bond motifs is 1. The van der Waals surface area contributed by atoms with E-state index in [0.29, 0.717) is 17.9 Å². The number of carbonyl (C=O) groups excluding carboxylic acids is 1. The molecule has 4 rings (SSSR count). The monoisotopic (exact) mass is 352 g/mol. The Balaban J connectivity index is 1.35. The smallest absolute Gasteiger partial charge is 0.222 e. The van der Waals surface area contributed by atoms with Crippen LogP contribution in [0.3, 0.4) is 0 Å². The first-order chi connectivity index (χ1) is 12.8. The van der Waals surface area contributed by atoms with Crippen LogP contribution in [0.5, 0.6) is 0 Å². The van der Waals surface area contributed by atoms with Crippen LogP contribution in [0.15, 0.2) is 42.5 Å². The van der Waals surface area contributed by atoms with Gasteiger partial charge in [-0.2, -0.15) is 0 Å². The lowest BCUT2D eigenvalue weighted by atomic mass is 9.91. The normalized spacial score (nSPS) is 23.7. The van der Waals surface area contributed by atoms with Gasteiger partial charge >= 0.3 is 0 Å². The van der Waals surface area contributed by atoms with E-state index in [1.807, 2.05) is 4.90 Å². The van der Waals surface area contributed by atoms with Crippen molar-refractivity contribution >= 4 is 16.7 Å². The molecule has 2 saturated heterocycles. The topological polar surface area (TPSA) is 56.4 Å². The lowest BCUT2D eigenvalue weighted by Crippen LogP contribution is -2.41. The standard InChI is InChI=1S/C21H28N4O/c26-20-10-3-4-12-25(20)13-11-22-14-17-15-23-24-21(17)19-9-5-7-16-6-1-2-8-18(16)19/h1-2,5-9,17,21-24H,3-4,10-15H2. The van der Waals surface area contributed by atoms with Gasteiger partial charge in [0.1, 0.15) is 0 Å². The molecule has 0 saturated carbocycles. The molecule has 3 N–H and O–H groups in total. The van der Waals surface area contributed by atoms with Crippen molar-refractivity contribution in [1.82, 2.24) is 21.1 Å². The second-order valence-electron chi connectivity index (χ2n) is 7.37. The third-order valence-corrected chi connectivity index (χ3v) is 5.64. The van der Waals surface area contributed by atoms with Crippen LogP contribution < -0.4 is 16.2 Å². The highest BCUT2D eigenvalue weighted by atomic mass is 16.2. The zero-order valence-corrected chi connectivity index (χ0v) is 15.2. The van der Waals surface area contributed by atoms with Crippen LogP contribution >= 0.6 is 0 Å². The average Bonchev–Trinajstić information content (AvgIpc) is 3.14. The van der Waals surface area contributed by atoms with Gasteiger partial charge in [-0.3, -0.25) is 10.2 Å². The van der Waals surface area contributed by atoms with E-state index in [2.05, 4.69) is 58.6 Å². The van der Waals surface area contributed by atoms with Crippen LogP contribution in [0.2, 0.25) is 0 Å². The highest BCUT2D eigenvalue weighted by Gasteiger charge is 2.29. The second kappa shape index (κ2) is 8.16. The Morgan fingerprint density at radius 1 is 1.12 bits per heavy atom. The van der Waals surface area contributed by atoms with Crippen LogP contribution in [-0.4, -0.2) is 43.5 Å². The predicted octanol–water partition coefficient (Wildman–Crippen LogP) is 2.21. The lowest BCUT2D eigenvalue weighted by molar-refractivity contribution is -0.133. The van der Waals surface area contributed by atoms with Crippen LogP contribution in [-0.2, 0) is 4.79 Å². The maximum absolute atomic E-state index is 11.9. The summed E-state index contributed by atoms with van der Waals surface area (Å²) in [5.41, 5.74) is 8.14. The first kappa shape index (κ1) is 17.5. The van der Waals surface area contributed by atoms with E-state index in [9.17, 15) is 4.79 Å². The van der Waals surface area contributed by atoms with Crippen molar-refractivity contribution in [1.29, 1.82) is 0 Å². The fourth-order valence-corrected chi connectivity index (χ4v) is 4.18. The van der Waals surface area contributed by atoms with Crippen molar-refractivity contribution in [3.05, 3.63) is 48.0 Å². The molecule has 2 aliphatic rings. The van der Waals surface area contributed by atoms with Crippen molar-refractivity contribution < 1.29 is 4.79 Å². The Morgan fingerprint density at radius 3 is 2.92 bits per heavy atom. The number of amides is 1. The fraction of sp³-hybridized carbons (Fsp3) is 0.476. The molecule has 1 amide bonds. The number of hydrogen-bond acceptors (Lipinski definition) is 4. The van der Waals surface area contributed by atoms with Crippen molar-refractivity contribution in [2.45, 2.75) is 25.3 Å². The Kier molecular flexibility index (Phi) is 5.48. The Hall–Kier alpha value is -1.95. The molecule has 2 aromatic carbocycles. The Bertz CT molecular complexity index is 757. The molecule has 0 bridgehead atoms. The summed E-state index contributed by atoms with van der Waals surface area (Å²) in [6.45, 7) is 4.50. The molecule has 2 aromatic rings. The van der Waals surface area contributed by atoms with E-state index < -0.39 is 0 Å². The van der Waals surface area contributed by atoms with Gasteiger partial charge in [0.15, 0.2) is 0 Å². The summed E-state index contributed by atoms with van der Waals surface area (Å²) < 4.78 is 0. The molecule has 0 aromatic heterocycles. The summed E-state index contributed by atoms with van der Waals surface area (Å²) >= 11 is 0. The molecule has 0 aliphatic carbocycles. The first-order valence-corrected chi connectivity index (χ1v) is 9.77. The first-order valence-electron chi connectivity index (χ1n) is 9.77. The number of carbonyl (C=O) groups is 1. The molecular formula is C21H28N4O. The van der Waals surface area contributed by atoms with Gasteiger partial charge in [-0.15, -0.1) is 0 Å². The maximum atomic E-state index is 11.9. The molecule has 138 valence electrons. The predicted molar refractivity (Wildman–Crippen MR) is 105 cm³/mol. The van der Waals surface area contributed by atoms with Gasteiger partial charge < -0.3 is 10.2 Å². The number of benzene rings is 2. The minimum Gasteiger partial charge on any atom is -0.341 e. The molecule has 5 nitrogen and oxygen atoms in total. The highest BCUT2D eigenvalue weighted by molar-refractivity contribution is 5.86. The van der Waals surface area contributed by atoms with E-state index in [1.165, 1.54) is 16.3 Å². The minimum atomic E-state index is 0.296. The molecule has 0 spiro atoms. The summed E-state index contributed by atoms with van der Waals surface area (Å²) in [6, 6.07) is 15.4. The quantitative estimate of drug-likeness (QED) is 0.698. The van der Waals surface area contributed by atoms with Crippen molar-refractivity contribution in [3.63, 3.8) is 0 Å². The zero-order chi connectivity index (χ0) is 17.8. The molecule has 5 heteroatoms. The Labute approximate surface area is 155 Å². The van der Waals surface area contributed by atoms with Gasteiger partial charge in [0.2, 0.25) is 5.91 Å². The zero-order valence-electron chi connectivity index (χ0n) is 15.2. The molecule has 26 heavy (non-hydrogen) atoms. The van der Waals surface area contributed by atoms with Gasteiger partial charge in [-0.25, -0.2) is 5.43 Å². The average molecular weight is 352 g/mol. The van der Waals surface area contributed by atoms with Crippen molar-refractivity contribution in [3.8, 4) is 0 Å². The van der Waals surface area contributed by atoms with Crippen molar-refractivity contribution in [2.75, 3.05) is 32.7 Å². The number of nitrogens with zero attached hydrogens (tertiary/aromatic N) is 1. The van der Waals surface area contributed by atoms with E-state index >= 15 is 0 Å². The number of piperidine rings is 1. The third-order valence-electron chi connectivity index (χ3n) is 5.64. The SMILES string of the molecule is O=C1CCCCN1CCNCC1CNNC1c1cccc2ccccc12. The van der Waals surface area contributed by atoms with Crippen LogP contribution in [0.1, 0.15) is 30.9 Å². The molecule has 0 radical (unpaired) electrons. The molecule has 2 fully saturated rings. The number of likely N-dealkylation sites (tertiary alicyclic amines) is 1. The third kappa shape index (κ3) is 3.75. The minimum absolute atomic E-state index is 0.296. The maximum Gasteiger partial charge on any atom is 0.222 e. The molecule has 2 unspecified atom stereocenters. The molecular weight excluding hydrogens is 324 g/mol. The van der Waals surface area contributed by atoms with Gasteiger partial charge in [0.05, 0.1) is 6.04 Å². The van der Waals surface area contributed by atoms with Gasteiger partial charge in [0.25, 0.3) is 0 Å². The summed E-state index contributed by atoms with van der Waals surface area (Å²) in [4.78, 5) is 13.9. The molecule has 2 aliphatic heterocycles. The number of hydrogen-bond donors (Lipinski definition) is 3. The van der Waals surface area contributed by atoms with Crippen molar-refractivity contribution in [2.24, 2.45) is 5.92 Å². The number of nitrogens with one attached hydrogen (secondary N) is 3. The van der Waals surface area contributed by atoms with E-state index in [0.717, 1.165) is 52.0 Å². The second-order valence-corrected chi connectivity index (χ2v) is 7.37. The van der Waals surface area contributed by atoms with E-state index in [4.69, 9.17) is 0 Å². The van der Waals surface area contributed by atoms with Gasteiger partial charge in [-0.05, 0) is 29.2 Å². The fourth-order valence-electron chi connectivity index (χ4n) is 4.18. The lowest BCUT2D eigenvalue weighted by Gasteiger charge is -2.27. The van der Waals surface area contributed by atoms with Gasteiger partial charge in [-0.1, -0.05) is 42.5 Å². The van der Waals surface area contributed by atoms with Gasteiger partial charge in [0, 0.05) is 45.1 Å². The highest BCUT2D eigenvalue weighted by Crippen LogP contribution is 2.30. The van der Waals surface area contributed by atoms with Crippen LogP contribution in [0.4, 0.5) is 0 Å². The summed E-state index contributed by atoms with van der Waals surface area (Å²) in [5.74, 6) is 0.800. The number of hydrazine groups is 1. The van der Waals surface area contributed by atoms with Crippen LogP contribution in [0.25, 0.3) is 10.8 Å². The molecule has 2 heterocycles. The summed E-state index contributed by atoms with van der Waals surface area (Å²) in [7, 11) is 0. The van der Waals surface area contributed by atoms with E-state index in [1.54, 1.807) is 0 Å². The summed E-state index contributed by atoms with van der Waals surface area (Å²) in [6.07, 6.45) is 2.92. The summed E-state index contributed by atoms with van der Waals surface area (Å²) in [5, 5.41) is 6.17.